The molecule has 0 unspecified atom stereocenters. The Morgan fingerprint density at radius 2 is 1.96 bits per heavy atom. The van der Waals surface area contributed by atoms with Crippen molar-refractivity contribution >= 4 is 11.8 Å². The van der Waals surface area contributed by atoms with Crippen molar-refractivity contribution in [1.29, 1.82) is 0 Å². The van der Waals surface area contributed by atoms with Crippen LogP contribution in [0.1, 0.15) is 52.9 Å². The monoisotopic (exact) mass is 349 g/mol. The molecule has 0 aliphatic carbocycles. The van der Waals surface area contributed by atoms with Gasteiger partial charge >= 0.3 is 0 Å². The first-order chi connectivity index (χ1) is 12.0. The summed E-state index contributed by atoms with van der Waals surface area (Å²) in [6, 6.07) is 0.187. The first kappa shape index (κ1) is 19.4. The number of carbonyl (C=O) groups is 2. The molecule has 1 N–H and O–H groups in total. The maximum Gasteiger partial charge on any atom is 0.224 e. The molecule has 2 amide bonds. The van der Waals surface area contributed by atoms with E-state index < -0.39 is 0 Å². The van der Waals surface area contributed by atoms with Crippen LogP contribution in [-0.4, -0.2) is 50.6 Å². The molecule has 2 rings (SSSR count). The van der Waals surface area contributed by atoms with E-state index in [0.29, 0.717) is 37.8 Å². The quantitative estimate of drug-likeness (QED) is 0.777. The molecule has 7 heteroatoms. The van der Waals surface area contributed by atoms with Crippen molar-refractivity contribution in [2.24, 2.45) is 11.8 Å². The zero-order valence-electron chi connectivity index (χ0n) is 15.6. The largest absolute Gasteiger partial charge is 0.353 e. The zero-order chi connectivity index (χ0) is 18.2. The van der Waals surface area contributed by atoms with Gasteiger partial charge in [-0.05, 0) is 31.1 Å². The minimum atomic E-state index is 0.143. The van der Waals surface area contributed by atoms with Gasteiger partial charge in [0.2, 0.25) is 11.8 Å². The van der Waals surface area contributed by atoms with Crippen LogP contribution in [-0.2, 0) is 16.1 Å². The summed E-state index contributed by atoms with van der Waals surface area (Å²) in [5.74, 6) is 1.18. The summed E-state index contributed by atoms with van der Waals surface area (Å²) in [7, 11) is 0. The van der Waals surface area contributed by atoms with Gasteiger partial charge in [-0.1, -0.05) is 20.8 Å². The van der Waals surface area contributed by atoms with E-state index in [1.165, 1.54) is 0 Å². The summed E-state index contributed by atoms with van der Waals surface area (Å²) in [4.78, 5) is 26.5. The number of nitrogens with zero attached hydrogens (tertiary/aromatic N) is 4. The lowest BCUT2D eigenvalue weighted by atomic mass is 9.89. The number of amides is 2. The van der Waals surface area contributed by atoms with E-state index in [0.717, 1.165) is 25.8 Å². The minimum absolute atomic E-state index is 0.143. The predicted molar refractivity (Wildman–Crippen MR) is 95.6 cm³/mol. The van der Waals surface area contributed by atoms with Crippen LogP contribution in [0.3, 0.4) is 0 Å². The van der Waals surface area contributed by atoms with Gasteiger partial charge in [-0.25, -0.2) is 0 Å². The van der Waals surface area contributed by atoms with Crippen molar-refractivity contribution in [2.75, 3.05) is 13.1 Å². The first-order valence-corrected chi connectivity index (χ1v) is 9.39. The fourth-order valence-electron chi connectivity index (χ4n) is 3.28. The van der Waals surface area contributed by atoms with E-state index in [2.05, 4.69) is 36.3 Å². The second-order valence-electron chi connectivity index (χ2n) is 7.35. The van der Waals surface area contributed by atoms with Crippen LogP contribution < -0.4 is 5.32 Å². The Hall–Kier alpha value is -1.92. The van der Waals surface area contributed by atoms with Crippen LogP contribution in [0, 0.1) is 11.8 Å². The molecule has 1 aromatic heterocycles. The Balaban J connectivity index is 1.79. The van der Waals surface area contributed by atoms with Gasteiger partial charge in [-0.15, -0.1) is 10.2 Å². The van der Waals surface area contributed by atoms with E-state index in [1.54, 1.807) is 12.7 Å². The van der Waals surface area contributed by atoms with Gasteiger partial charge in [0.1, 0.15) is 12.7 Å². The normalized spacial score (nSPS) is 20.7. The molecule has 1 aliphatic rings. The van der Waals surface area contributed by atoms with Crippen molar-refractivity contribution in [1.82, 2.24) is 25.0 Å². The second-order valence-corrected chi connectivity index (χ2v) is 7.35. The molecule has 1 aliphatic heterocycles. The highest BCUT2D eigenvalue weighted by molar-refractivity contribution is 5.77. The van der Waals surface area contributed by atoms with Gasteiger partial charge < -0.3 is 14.8 Å². The molecule has 0 spiro atoms. The van der Waals surface area contributed by atoms with Crippen molar-refractivity contribution in [3.05, 3.63) is 12.7 Å². The molecule has 140 valence electrons. The molecule has 25 heavy (non-hydrogen) atoms. The summed E-state index contributed by atoms with van der Waals surface area (Å²) in [5.41, 5.74) is 0. The van der Waals surface area contributed by atoms with Gasteiger partial charge in [-0.3, -0.25) is 9.59 Å². The topological polar surface area (TPSA) is 80.1 Å². The number of hydrogen-bond donors (Lipinski definition) is 1. The summed E-state index contributed by atoms with van der Waals surface area (Å²) in [6.07, 6.45) is 7.02. The van der Waals surface area contributed by atoms with Gasteiger partial charge in [0.25, 0.3) is 0 Å². The molecule has 0 radical (unpaired) electrons. The number of nitrogens with one attached hydrogen (secondary N) is 1. The second kappa shape index (κ2) is 9.53. The fourth-order valence-corrected chi connectivity index (χ4v) is 3.28. The number of rotatable bonds is 8. The highest BCUT2D eigenvalue weighted by Crippen LogP contribution is 2.21. The van der Waals surface area contributed by atoms with Crippen LogP contribution in [0.5, 0.6) is 0 Å². The summed E-state index contributed by atoms with van der Waals surface area (Å²) in [6.45, 7) is 8.44. The van der Waals surface area contributed by atoms with E-state index in [1.807, 2.05) is 9.47 Å². The zero-order valence-corrected chi connectivity index (χ0v) is 15.6. The molecule has 0 saturated carbocycles. The number of aryl methyl sites for hydroxylation is 1. The first-order valence-electron chi connectivity index (χ1n) is 9.39. The molecule has 7 nitrogen and oxygen atoms in total. The van der Waals surface area contributed by atoms with E-state index >= 15 is 0 Å². The summed E-state index contributed by atoms with van der Waals surface area (Å²) < 4.78 is 1.82. The minimum Gasteiger partial charge on any atom is -0.353 e. The molecular weight excluding hydrogens is 318 g/mol. The molecule has 1 saturated heterocycles. The Bertz CT molecular complexity index is 544. The lowest BCUT2D eigenvalue weighted by Gasteiger charge is -2.38. The standard InChI is InChI=1S/C18H31N5O2/c1-4-15-11-23(18(25)8-9-22-12-19-20-13-22)10-7-16(15)21-17(24)6-5-14(2)3/h12-16H,4-11H2,1-3H3,(H,21,24)/t15-,16+/m1/s1. The van der Waals surface area contributed by atoms with Crippen LogP contribution in [0.4, 0.5) is 0 Å². The number of likely N-dealkylation sites (tertiary alicyclic amines) is 1. The highest BCUT2D eigenvalue weighted by atomic mass is 16.2. The number of hydrogen-bond acceptors (Lipinski definition) is 4. The van der Waals surface area contributed by atoms with Gasteiger partial charge in [0.05, 0.1) is 0 Å². The molecule has 1 fully saturated rings. The average molecular weight is 349 g/mol. The maximum atomic E-state index is 12.4. The van der Waals surface area contributed by atoms with Crippen LogP contribution in [0.2, 0.25) is 0 Å². The smallest absolute Gasteiger partial charge is 0.224 e. The van der Waals surface area contributed by atoms with Crippen molar-refractivity contribution in [3.63, 3.8) is 0 Å². The molecule has 1 aromatic rings. The highest BCUT2D eigenvalue weighted by Gasteiger charge is 2.31. The van der Waals surface area contributed by atoms with Crippen LogP contribution >= 0.6 is 0 Å². The van der Waals surface area contributed by atoms with Crippen molar-refractivity contribution in [2.45, 2.75) is 65.5 Å². The van der Waals surface area contributed by atoms with Crippen molar-refractivity contribution < 1.29 is 9.59 Å². The predicted octanol–water partition coefficient (Wildman–Crippen LogP) is 1.85. The van der Waals surface area contributed by atoms with Crippen LogP contribution in [0.15, 0.2) is 12.7 Å². The van der Waals surface area contributed by atoms with Gasteiger partial charge in [-0.2, -0.15) is 0 Å². The number of piperidine rings is 1. The maximum absolute atomic E-state index is 12.4. The van der Waals surface area contributed by atoms with E-state index in [9.17, 15) is 9.59 Å². The summed E-state index contributed by atoms with van der Waals surface area (Å²) in [5, 5.41) is 10.7. The molecule has 2 heterocycles. The Morgan fingerprint density at radius 3 is 2.60 bits per heavy atom. The molecular formula is C18H31N5O2. The van der Waals surface area contributed by atoms with Crippen molar-refractivity contribution in [3.8, 4) is 0 Å². The van der Waals surface area contributed by atoms with Gasteiger partial charge in [0, 0.05) is 38.5 Å². The van der Waals surface area contributed by atoms with Gasteiger partial charge in [0.15, 0.2) is 0 Å². The number of aromatic nitrogens is 3. The lowest BCUT2D eigenvalue weighted by molar-refractivity contribution is -0.134. The molecule has 2 atom stereocenters. The fraction of sp³-hybridized carbons (Fsp3) is 0.778. The molecule has 0 aromatic carbocycles. The Labute approximate surface area is 150 Å². The SMILES string of the molecule is CC[C@@H]1CN(C(=O)CCn2cnnc2)CC[C@@H]1NC(=O)CCC(C)C. The Morgan fingerprint density at radius 1 is 1.24 bits per heavy atom. The third kappa shape index (κ3) is 6.14. The summed E-state index contributed by atoms with van der Waals surface area (Å²) >= 11 is 0. The average Bonchev–Trinajstić information content (AvgIpc) is 3.11. The third-order valence-corrected chi connectivity index (χ3v) is 4.96. The Kier molecular flexibility index (Phi) is 7.40. The molecule has 0 bridgehead atoms. The number of carbonyl (C=O) groups excluding carboxylic acids is 2. The van der Waals surface area contributed by atoms with E-state index in [-0.39, 0.29) is 17.9 Å². The van der Waals surface area contributed by atoms with E-state index in [4.69, 9.17) is 0 Å². The lowest BCUT2D eigenvalue weighted by Crippen LogP contribution is -2.52. The van der Waals surface area contributed by atoms with Crippen LogP contribution in [0.25, 0.3) is 0 Å². The third-order valence-electron chi connectivity index (χ3n) is 4.96.